The summed E-state index contributed by atoms with van der Waals surface area (Å²) in [5, 5.41) is 10.7. The summed E-state index contributed by atoms with van der Waals surface area (Å²) in [6.45, 7) is 19.1. The summed E-state index contributed by atoms with van der Waals surface area (Å²) in [6, 6.07) is 0. The second-order valence-corrected chi connectivity index (χ2v) is 15.8. The molecule has 0 spiro atoms. The average Bonchev–Trinajstić information content (AvgIpc) is 2.83. The van der Waals surface area contributed by atoms with Crippen molar-refractivity contribution in [2.45, 2.75) is 126 Å². The van der Waals surface area contributed by atoms with Crippen LogP contribution in [-0.2, 0) is 23.9 Å². The summed E-state index contributed by atoms with van der Waals surface area (Å²) in [7, 11) is 0. The molecule has 0 aromatic rings. The van der Waals surface area contributed by atoms with Gasteiger partial charge in [0, 0.05) is 20.3 Å². The number of carboxylic acids is 1. The number of carboxylic acid groups (broad SMARTS) is 1. The third kappa shape index (κ3) is 3.62. The summed E-state index contributed by atoms with van der Waals surface area (Å²) in [5.41, 5.74) is -0.250. The minimum atomic E-state index is -1.31. The molecule has 5 rings (SSSR count). The van der Waals surface area contributed by atoms with Crippen molar-refractivity contribution in [2.24, 2.45) is 56.7 Å². The topological polar surface area (TPSA) is 89.9 Å². The third-order valence-corrected chi connectivity index (χ3v) is 14.0. The monoisotopic (exact) mass is 556 g/mol. The highest BCUT2D eigenvalue weighted by atomic mass is 16.7. The Labute approximate surface area is 241 Å². The zero-order valence-electron chi connectivity index (χ0n) is 26.3. The van der Waals surface area contributed by atoms with E-state index in [2.05, 4.69) is 54.5 Å². The Bertz CT molecular complexity index is 1120. The van der Waals surface area contributed by atoms with Crippen molar-refractivity contribution < 1.29 is 29.0 Å². The zero-order chi connectivity index (χ0) is 29.7. The summed E-state index contributed by atoms with van der Waals surface area (Å²) < 4.78 is 12.4. The molecular formula is C34H52O6. The second kappa shape index (κ2) is 9.07. The fraction of sp³-hybridized carbons (Fsp3) is 0.853. The van der Waals surface area contributed by atoms with Crippen molar-refractivity contribution in [1.29, 1.82) is 0 Å². The maximum atomic E-state index is 13.0. The Balaban J connectivity index is 1.70. The predicted octanol–water partition coefficient (Wildman–Crippen LogP) is 7.55. The van der Waals surface area contributed by atoms with E-state index in [0.717, 1.165) is 44.9 Å². The number of rotatable bonds is 3. The summed E-state index contributed by atoms with van der Waals surface area (Å²) >= 11 is 0. The number of fused-ring (bicyclic) bond motifs is 7. The quantitative estimate of drug-likeness (QED) is 0.219. The van der Waals surface area contributed by atoms with Gasteiger partial charge in [-0.1, -0.05) is 60.1 Å². The molecular weight excluding hydrogens is 504 g/mol. The Hall–Kier alpha value is -1.85. The lowest BCUT2D eigenvalue weighted by atomic mass is 9.32. The van der Waals surface area contributed by atoms with E-state index in [9.17, 15) is 19.5 Å². The molecule has 0 heterocycles. The van der Waals surface area contributed by atoms with Crippen molar-refractivity contribution in [3.63, 3.8) is 0 Å². The van der Waals surface area contributed by atoms with Gasteiger partial charge in [-0.3, -0.25) is 14.4 Å². The minimum Gasteiger partial charge on any atom is -0.481 e. The molecule has 0 unspecified atom stereocenters. The maximum Gasteiger partial charge on any atom is 0.310 e. The minimum absolute atomic E-state index is 0.00309. The largest absolute Gasteiger partial charge is 0.481 e. The van der Waals surface area contributed by atoms with Crippen LogP contribution in [0, 0.1) is 56.7 Å². The first kappa shape index (κ1) is 29.6. The molecule has 0 saturated heterocycles. The van der Waals surface area contributed by atoms with Crippen LogP contribution < -0.4 is 0 Å². The highest BCUT2D eigenvalue weighted by Gasteiger charge is 2.75. The molecule has 9 atom stereocenters. The van der Waals surface area contributed by atoms with Gasteiger partial charge in [0.15, 0.2) is 0 Å². The summed E-state index contributed by atoms with van der Waals surface area (Å²) in [4.78, 5) is 38.3. The van der Waals surface area contributed by atoms with Crippen molar-refractivity contribution in [2.75, 3.05) is 0 Å². The van der Waals surface area contributed by atoms with Crippen LogP contribution in [0.1, 0.15) is 120 Å². The highest BCUT2D eigenvalue weighted by molar-refractivity contribution is 5.76. The molecule has 6 nitrogen and oxygen atoms in total. The molecule has 6 heteroatoms. The lowest BCUT2D eigenvalue weighted by molar-refractivity contribution is -0.345. The predicted molar refractivity (Wildman–Crippen MR) is 153 cm³/mol. The zero-order valence-corrected chi connectivity index (χ0v) is 26.3. The number of hydrogen-bond donors (Lipinski definition) is 1. The third-order valence-electron chi connectivity index (χ3n) is 14.0. The van der Waals surface area contributed by atoms with Gasteiger partial charge >= 0.3 is 17.9 Å². The van der Waals surface area contributed by atoms with Gasteiger partial charge in [0.2, 0.25) is 0 Å². The van der Waals surface area contributed by atoms with Crippen LogP contribution in [0.3, 0.4) is 0 Å². The average molecular weight is 557 g/mol. The first-order chi connectivity index (χ1) is 18.4. The van der Waals surface area contributed by atoms with Gasteiger partial charge in [0.25, 0.3) is 5.79 Å². The number of allylic oxidation sites excluding steroid dienone is 2. The Morgan fingerprint density at radius 3 is 2.02 bits per heavy atom. The fourth-order valence-corrected chi connectivity index (χ4v) is 11.6. The van der Waals surface area contributed by atoms with Crippen molar-refractivity contribution in [3.05, 3.63) is 11.6 Å². The van der Waals surface area contributed by atoms with E-state index in [1.165, 1.54) is 19.4 Å². The molecule has 5 aliphatic rings. The molecule has 4 fully saturated rings. The van der Waals surface area contributed by atoms with Gasteiger partial charge in [0.05, 0.1) is 10.8 Å². The van der Waals surface area contributed by atoms with Gasteiger partial charge < -0.3 is 14.6 Å². The fourth-order valence-electron chi connectivity index (χ4n) is 11.6. The van der Waals surface area contributed by atoms with Gasteiger partial charge in [-0.15, -0.1) is 0 Å². The normalized spacial score (nSPS) is 46.8. The molecule has 224 valence electrons. The van der Waals surface area contributed by atoms with E-state index >= 15 is 0 Å². The van der Waals surface area contributed by atoms with E-state index in [-0.39, 0.29) is 34.0 Å². The van der Waals surface area contributed by atoms with Crippen LogP contribution in [0.4, 0.5) is 0 Å². The first-order valence-electron chi connectivity index (χ1n) is 15.7. The Kier molecular flexibility index (Phi) is 6.72. The first-order valence-corrected chi connectivity index (χ1v) is 15.7. The van der Waals surface area contributed by atoms with Gasteiger partial charge in [-0.2, -0.15) is 0 Å². The van der Waals surface area contributed by atoms with E-state index in [1.807, 2.05) is 0 Å². The van der Waals surface area contributed by atoms with Crippen LogP contribution in [0.5, 0.6) is 0 Å². The summed E-state index contributed by atoms with van der Waals surface area (Å²) in [5.74, 6) is -1.63. The Morgan fingerprint density at radius 2 is 1.45 bits per heavy atom. The van der Waals surface area contributed by atoms with E-state index in [1.54, 1.807) is 0 Å². The van der Waals surface area contributed by atoms with Gasteiger partial charge in [-0.25, -0.2) is 0 Å². The molecule has 1 N–H and O–H groups in total. The van der Waals surface area contributed by atoms with E-state index < -0.39 is 34.5 Å². The lowest BCUT2D eigenvalue weighted by Gasteiger charge is -2.72. The molecule has 4 saturated carbocycles. The highest BCUT2D eigenvalue weighted by Crippen LogP contribution is 2.77. The molecule has 0 aromatic heterocycles. The van der Waals surface area contributed by atoms with Crippen LogP contribution in [0.25, 0.3) is 0 Å². The molecule has 0 radical (unpaired) electrons. The number of esters is 2. The molecule has 0 aliphatic heterocycles. The van der Waals surface area contributed by atoms with Crippen LogP contribution >= 0.6 is 0 Å². The van der Waals surface area contributed by atoms with Crippen molar-refractivity contribution >= 4 is 17.9 Å². The second-order valence-electron chi connectivity index (χ2n) is 15.8. The van der Waals surface area contributed by atoms with Crippen molar-refractivity contribution in [3.8, 4) is 0 Å². The standard InChI is InChI=1S/C34H52O6/c1-20-12-15-33(28(37)38)18-17-30(7)24(27(33)21(20)2)10-11-26-31(30,8)14-13-25-29(5,6)16-19-34(32(25,26)9,39-22(3)35)40-23(4)36/h10,20-21,25-27H,11-19H2,1-9H3,(H,37,38)/t20-,21+,25+,26+,27+,30-,31-,32+,33+/m1/s1. The lowest BCUT2D eigenvalue weighted by Crippen LogP contribution is -2.71. The van der Waals surface area contributed by atoms with Gasteiger partial charge in [0.1, 0.15) is 0 Å². The molecule has 0 aromatic carbocycles. The Morgan fingerprint density at radius 1 is 0.825 bits per heavy atom. The van der Waals surface area contributed by atoms with Crippen LogP contribution in [0.15, 0.2) is 11.6 Å². The number of aliphatic carboxylic acids is 1. The smallest absolute Gasteiger partial charge is 0.310 e. The number of hydrogen-bond acceptors (Lipinski definition) is 5. The number of carbonyl (C=O) groups excluding carboxylic acids is 2. The molecule has 40 heavy (non-hydrogen) atoms. The maximum absolute atomic E-state index is 13.0. The number of carbonyl (C=O) groups is 3. The molecule has 5 aliphatic carbocycles. The van der Waals surface area contributed by atoms with E-state index in [0.29, 0.717) is 24.7 Å². The molecule has 0 bridgehead atoms. The van der Waals surface area contributed by atoms with Crippen LogP contribution in [-0.4, -0.2) is 28.8 Å². The van der Waals surface area contributed by atoms with Crippen molar-refractivity contribution in [1.82, 2.24) is 0 Å². The molecule has 0 amide bonds. The number of ether oxygens (including phenoxy) is 2. The summed E-state index contributed by atoms with van der Waals surface area (Å²) in [6.07, 6.45) is 9.75. The van der Waals surface area contributed by atoms with E-state index in [4.69, 9.17) is 9.47 Å². The van der Waals surface area contributed by atoms with Crippen LogP contribution in [0.2, 0.25) is 0 Å². The SMILES string of the molecule is CC(=O)OC1(OC(C)=O)CCC(C)(C)[C@@H]2CC[C@]3(C)[C@H](CC=C4[C@@H]5[C@@H](C)[C@H](C)CC[C@]5(C(=O)O)CC[C@]43C)[C@]21C. The van der Waals surface area contributed by atoms with Gasteiger partial charge in [-0.05, 0) is 97.2 Å².